The van der Waals surface area contributed by atoms with E-state index in [4.69, 9.17) is 5.73 Å². The Morgan fingerprint density at radius 2 is 2.26 bits per heavy atom. The summed E-state index contributed by atoms with van der Waals surface area (Å²) in [6, 6.07) is 0. The molecule has 0 saturated heterocycles. The van der Waals surface area contributed by atoms with E-state index < -0.39 is 0 Å². The molecule has 0 fully saturated rings. The molecule has 0 saturated carbocycles. The average Bonchev–Trinajstić information content (AvgIpc) is 2.86. The van der Waals surface area contributed by atoms with Crippen LogP contribution in [0.3, 0.4) is 0 Å². The quantitative estimate of drug-likeness (QED) is 0.846. The molecule has 0 bridgehead atoms. The Hall–Kier alpha value is -1.20. The first-order valence-electron chi connectivity index (χ1n) is 6.55. The molecule has 0 atom stereocenters. The number of carbonyl (C=O) groups excluding carboxylic acids is 1. The minimum absolute atomic E-state index is 0.0140. The summed E-state index contributed by atoms with van der Waals surface area (Å²) in [6.07, 6.45) is 3.13. The van der Waals surface area contributed by atoms with Crippen molar-refractivity contribution in [1.82, 2.24) is 9.88 Å². The zero-order valence-electron chi connectivity index (χ0n) is 11.8. The summed E-state index contributed by atoms with van der Waals surface area (Å²) in [5.41, 5.74) is 7.67. The van der Waals surface area contributed by atoms with Gasteiger partial charge in [0.05, 0.1) is 0 Å². The molecule has 2 N–H and O–H groups in total. The van der Waals surface area contributed by atoms with Crippen LogP contribution in [-0.4, -0.2) is 28.9 Å². The van der Waals surface area contributed by atoms with Gasteiger partial charge in [0.15, 0.2) is 0 Å². The van der Waals surface area contributed by atoms with Crippen molar-refractivity contribution in [2.45, 2.75) is 33.7 Å². The summed E-state index contributed by atoms with van der Waals surface area (Å²) in [5, 5.41) is 2.61. The Labute approximate surface area is 118 Å². The van der Waals surface area contributed by atoms with Gasteiger partial charge in [0.2, 0.25) is 0 Å². The first-order chi connectivity index (χ1) is 8.91. The highest BCUT2D eigenvalue weighted by Crippen LogP contribution is 2.30. The molecule has 1 aromatic rings. The molecule has 0 unspecified atom stereocenters. The second-order valence-electron chi connectivity index (χ2n) is 5.81. The summed E-state index contributed by atoms with van der Waals surface area (Å²) in [4.78, 5) is 18.4. The number of amides is 1. The molecule has 1 aromatic heterocycles. The minimum atomic E-state index is 0.0140. The lowest BCUT2D eigenvalue weighted by Gasteiger charge is -2.31. The molecule has 2 rings (SSSR count). The first-order valence-corrected chi connectivity index (χ1v) is 7.43. The topological polar surface area (TPSA) is 59.2 Å². The predicted octanol–water partition coefficient (Wildman–Crippen LogP) is 2.42. The van der Waals surface area contributed by atoms with Gasteiger partial charge in [-0.1, -0.05) is 32.4 Å². The minimum Gasteiger partial charge on any atom is -0.333 e. The largest absolute Gasteiger partial charge is 0.333 e. The van der Waals surface area contributed by atoms with Crippen LogP contribution in [0.4, 0.5) is 0 Å². The van der Waals surface area contributed by atoms with Crippen molar-refractivity contribution in [1.29, 1.82) is 0 Å². The van der Waals surface area contributed by atoms with E-state index in [9.17, 15) is 4.79 Å². The highest BCUT2D eigenvalue weighted by Gasteiger charge is 2.25. The van der Waals surface area contributed by atoms with Gasteiger partial charge in [0.1, 0.15) is 10.7 Å². The molecule has 1 aliphatic rings. The van der Waals surface area contributed by atoms with E-state index in [0.29, 0.717) is 18.8 Å². The van der Waals surface area contributed by atoms with Crippen LogP contribution in [0.15, 0.2) is 17.0 Å². The van der Waals surface area contributed by atoms with Crippen LogP contribution in [-0.2, 0) is 6.54 Å². The lowest BCUT2D eigenvalue weighted by molar-refractivity contribution is 0.0759. The van der Waals surface area contributed by atoms with E-state index in [0.717, 1.165) is 18.0 Å². The summed E-state index contributed by atoms with van der Waals surface area (Å²) in [5.74, 6) is 0.0140. The fourth-order valence-electron chi connectivity index (χ4n) is 2.20. The fraction of sp³-hybridized carbons (Fsp3) is 0.571. The third kappa shape index (κ3) is 3.22. The van der Waals surface area contributed by atoms with E-state index in [1.165, 1.54) is 16.9 Å². The first kappa shape index (κ1) is 14.2. The van der Waals surface area contributed by atoms with Gasteiger partial charge in [-0.3, -0.25) is 4.79 Å². The van der Waals surface area contributed by atoms with Gasteiger partial charge < -0.3 is 10.6 Å². The van der Waals surface area contributed by atoms with E-state index in [1.807, 2.05) is 4.90 Å². The number of nitrogens with two attached hydrogens (primary N) is 1. The Kier molecular flexibility index (Phi) is 4.06. The van der Waals surface area contributed by atoms with Gasteiger partial charge in [-0.2, -0.15) is 0 Å². The van der Waals surface area contributed by atoms with Gasteiger partial charge in [0.25, 0.3) is 5.91 Å². The molecule has 1 aliphatic heterocycles. The Balaban J connectivity index is 2.05. The summed E-state index contributed by atoms with van der Waals surface area (Å²) in [7, 11) is 0. The van der Waals surface area contributed by atoms with Gasteiger partial charge in [-0.15, -0.1) is 11.3 Å². The molecule has 2 heterocycles. The maximum absolute atomic E-state index is 12.3. The van der Waals surface area contributed by atoms with Crippen molar-refractivity contribution in [2.75, 3.05) is 13.1 Å². The van der Waals surface area contributed by atoms with Crippen LogP contribution >= 0.6 is 11.3 Å². The molecule has 4 nitrogen and oxygen atoms in total. The Morgan fingerprint density at radius 1 is 1.53 bits per heavy atom. The SMILES string of the molecule is CC(C)(C)C1=CCN(C(=O)c2csc(CN)n2)CC1. The van der Waals surface area contributed by atoms with Crippen LogP contribution in [0, 0.1) is 5.41 Å². The average molecular weight is 279 g/mol. The standard InChI is InChI=1S/C14H21N3OS/c1-14(2,3)10-4-6-17(7-5-10)13(18)11-9-19-12(8-15)16-11/h4,9H,5-8,15H2,1-3H3. The summed E-state index contributed by atoms with van der Waals surface area (Å²) >= 11 is 1.45. The third-order valence-corrected chi connectivity index (χ3v) is 4.28. The zero-order chi connectivity index (χ0) is 14.0. The Morgan fingerprint density at radius 3 is 2.74 bits per heavy atom. The number of thiazole rings is 1. The smallest absolute Gasteiger partial charge is 0.273 e. The van der Waals surface area contributed by atoms with Crippen LogP contribution in [0.2, 0.25) is 0 Å². The number of carbonyl (C=O) groups is 1. The van der Waals surface area contributed by atoms with Gasteiger partial charge in [-0.25, -0.2) is 4.98 Å². The monoisotopic (exact) mass is 279 g/mol. The van der Waals surface area contributed by atoms with E-state index in [-0.39, 0.29) is 11.3 Å². The number of hydrogen-bond acceptors (Lipinski definition) is 4. The van der Waals surface area contributed by atoms with Crippen molar-refractivity contribution in [2.24, 2.45) is 11.1 Å². The number of rotatable bonds is 2. The normalized spacial score (nSPS) is 16.4. The molecular weight excluding hydrogens is 258 g/mol. The number of aromatic nitrogens is 1. The van der Waals surface area contributed by atoms with Crippen molar-refractivity contribution < 1.29 is 4.79 Å². The van der Waals surface area contributed by atoms with Crippen LogP contribution in [0.5, 0.6) is 0 Å². The van der Waals surface area contributed by atoms with Crippen molar-refractivity contribution >= 4 is 17.2 Å². The molecule has 0 spiro atoms. The van der Waals surface area contributed by atoms with Crippen molar-refractivity contribution in [3.05, 3.63) is 27.7 Å². The lowest BCUT2D eigenvalue weighted by Crippen LogP contribution is -2.36. The number of hydrogen-bond donors (Lipinski definition) is 1. The molecule has 0 aromatic carbocycles. The molecule has 0 aliphatic carbocycles. The second kappa shape index (κ2) is 5.43. The molecular formula is C14H21N3OS. The maximum Gasteiger partial charge on any atom is 0.273 e. The Bertz CT molecular complexity index is 499. The van der Waals surface area contributed by atoms with Crippen LogP contribution in [0.1, 0.15) is 42.7 Å². The molecule has 5 heteroatoms. The highest BCUT2D eigenvalue weighted by molar-refractivity contribution is 7.09. The molecule has 1 amide bonds. The summed E-state index contributed by atoms with van der Waals surface area (Å²) < 4.78 is 0. The molecule has 19 heavy (non-hydrogen) atoms. The van der Waals surface area contributed by atoms with Gasteiger partial charge in [0, 0.05) is 25.0 Å². The van der Waals surface area contributed by atoms with E-state index >= 15 is 0 Å². The second-order valence-corrected chi connectivity index (χ2v) is 6.75. The van der Waals surface area contributed by atoms with E-state index in [2.05, 4.69) is 31.8 Å². The van der Waals surface area contributed by atoms with Crippen LogP contribution < -0.4 is 5.73 Å². The fourth-order valence-corrected chi connectivity index (χ4v) is 2.85. The lowest BCUT2D eigenvalue weighted by atomic mass is 9.83. The van der Waals surface area contributed by atoms with E-state index in [1.54, 1.807) is 5.38 Å². The third-order valence-electron chi connectivity index (χ3n) is 3.41. The summed E-state index contributed by atoms with van der Waals surface area (Å²) in [6.45, 7) is 8.49. The van der Waals surface area contributed by atoms with Gasteiger partial charge in [-0.05, 0) is 11.8 Å². The number of nitrogens with zero attached hydrogens (tertiary/aromatic N) is 2. The molecule has 104 valence electrons. The van der Waals surface area contributed by atoms with Crippen molar-refractivity contribution in [3.63, 3.8) is 0 Å². The van der Waals surface area contributed by atoms with Gasteiger partial charge >= 0.3 is 0 Å². The van der Waals surface area contributed by atoms with Crippen molar-refractivity contribution in [3.8, 4) is 0 Å². The zero-order valence-corrected chi connectivity index (χ0v) is 12.6. The predicted molar refractivity (Wildman–Crippen MR) is 78.1 cm³/mol. The highest BCUT2D eigenvalue weighted by atomic mass is 32.1. The van der Waals surface area contributed by atoms with Crippen LogP contribution in [0.25, 0.3) is 0 Å². The molecule has 0 radical (unpaired) electrons. The maximum atomic E-state index is 12.3.